The van der Waals surface area contributed by atoms with E-state index < -0.39 is 20.7 Å². The van der Waals surface area contributed by atoms with Gasteiger partial charge in [-0.25, -0.2) is 8.42 Å². The van der Waals surface area contributed by atoms with Gasteiger partial charge in [-0.3, -0.25) is 9.10 Å². The second-order valence-corrected chi connectivity index (χ2v) is 9.16. The van der Waals surface area contributed by atoms with Crippen LogP contribution in [0.4, 0.5) is 11.4 Å². The van der Waals surface area contributed by atoms with E-state index in [1.807, 2.05) is 0 Å². The normalized spacial score (nSPS) is 23.8. The number of methoxy groups -OCH3 is 3. The molecule has 8 nitrogen and oxygen atoms in total. The molecule has 1 saturated carbocycles. The zero-order valence-corrected chi connectivity index (χ0v) is 17.2. The second-order valence-electron chi connectivity index (χ2n) is 7.05. The minimum Gasteiger partial charge on any atom is -0.497 e. The monoisotopic (exact) mass is 418 g/mol. The van der Waals surface area contributed by atoms with Crippen LogP contribution >= 0.6 is 0 Å². The van der Waals surface area contributed by atoms with E-state index >= 15 is 0 Å². The van der Waals surface area contributed by atoms with Gasteiger partial charge in [-0.15, -0.1) is 0 Å². The van der Waals surface area contributed by atoms with Gasteiger partial charge in [0, 0.05) is 18.5 Å². The number of sulfonamides is 1. The third-order valence-corrected chi connectivity index (χ3v) is 8.13. The van der Waals surface area contributed by atoms with Gasteiger partial charge in [-0.05, 0) is 42.8 Å². The number of ether oxygens (including phenoxy) is 3. The van der Waals surface area contributed by atoms with Gasteiger partial charge in [-0.1, -0.05) is 0 Å². The fraction of sp³-hybridized carbons (Fsp3) is 0.350. The first-order valence-electron chi connectivity index (χ1n) is 9.07. The largest absolute Gasteiger partial charge is 0.497 e. The maximum absolute atomic E-state index is 13.3. The number of nitrogens with zero attached hydrogens (tertiary/aromatic N) is 1. The van der Waals surface area contributed by atoms with Crippen molar-refractivity contribution in [3.63, 3.8) is 0 Å². The maximum Gasteiger partial charge on any atom is 0.250 e. The van der Waals surface area contributed by atoms with Crippen LogP contribution < -0.4 is 23.8 Å². The Labute approximate surface area is 169 Å². The molecule has 1 aliphatic heterocycles. The molecule has 29 heavy (non-hydrogen) atoms. The lowest BCUT2D eigenvalue weighted by molar-refractivity contribution is -0.116. The molecule has 1 N–H and O–H groups in total. The Morgan fingerprint density at radius 1 is 1.03 bits per heavy atom. The van der Waals surface area contributed by atoms with E-state index in [4.69, 9.17) is 14.2 Å². The van der Waals surface area contributed by atoms with E-state index in [-0.39, 0.29) is 12.5 Å². The minimum atomic E-state index is -3.86. The average Bonchev–Trinajstić information content (AvgIpc) is 3.43. The van der Waals surface area contributed by atoms with E-state index in [9.17, 15) is 13.2 Å². The van der Waals surface area contributed by atoms with E-state index in [0.29, 0.717) is 35.0 Å². The third-order valence-electron chi connectivity index (χ3n) is 5.59. The predicted octanol–water partition coefficient (Wildman–Crippen LogP) is 2.26. The molecule has 0 radical (unpaired) electrons. The Balaban J connectivity index is 1.60. The summed E-state index contributed by atoms with van der Waals surface area (Å²) in [4.78, 5) is 13.1. The number of anilines is 2. The van der Waals surface area contributed by atoms with Gasteiger partial charge in [-0.2, -0.15) is 0 Å². The zero-order chi connectivity index (χ0) is 20.8. The van der Waals surface area contributed by atoms with Crippen LogP contribution in [-0.4, -0.2) is 46.9 Å². The molecule has 2 aromatic rings. The van der Waals surface area contributed by atoms with E-state index in [1.165, 1.54) is 18.5 Å². The van der Waals surface area contributed by atoms with Crippen LogP contribution in [0.1, 0.15) is 6.42 Å². The van der Waals surface area contributed by atoms with Gasteiger partial charge in [0.2, 0.25) is 15.9 Å². The molecule has 1 aliphatic carbocycles. The Morgan fingerprint density at radius 3 is 2.31 bits per heavy atom. The number of carbonyl (C=O) groups is 1. The number of fused-ring (bicyclic) bond motifs is 1. The molecule has 2 aromatic carbocycles. The highest BCUT2D eigenvalue weighted by Gasteiger charge is 2.75. The second kappa shape index (κ2) is 6.84. The number of hydrogen-bond acceptors (Lipinski definition) is 6. The SMILES string of the molecule is COc1ccc(N2C[C@@H]3C[C@@]3(C(=O)Nc3ccc(OC)cc3OC)S2(=O)=O)cc1. The van der Waals surface area contributed by atoms with Gasteiger partial charge in [0.25, 0.3) is 0 Å². The van der Waals surface area contributed by atoms with Crippen LogP contribution in [0.25, 0.3) is 0 Å². The molecule has 2 atom stereocenters. The summed E-state index contributed by atoms with van der Waals surface area (Å²) >= 11 is 0. The summed E-state index contributed by atoms with van der Waals surface area (Å²) in [6, 6.07) is 11.7. The number of hydrogen-bond donors (Lipinski definition) is 1. The number of benzene rings is 2. The van der Waals surface area contributed by atoms with Crippen molar-refractivity contribution in [2.75, 3.05) is 37.5 Å². The number of rotatable bonds is 6. The molecule has 0 unspecified atom stereocenters. The topological polar surface area (TPSA) is 94.2 Å². The molecule has 2 fully saturated rings. The van der Waals surface area contributed by atoms with Gasteiger partial charge in [0.05, 0.1) is 32.7 Å². The minimum absolute atomic E-state index is 0.251. The highest BCUT2D eigenvalue weighted by molar-refractivity contribution is 7.95. The summed E-state index contributed by atoms with van der Waals surface area (Å²) in [6.07, 6.45) is 0.312. The smallest absolute Gasteiger partial charge is 0.250 e. The summed E-state index contributed by atoms with van der Waals surface area (Å²) in [6.45, 7) is 0.280. The van der Waals surface area contributed by atoms with E-state index in [0.717, 1.165) is 0 Å². The first-order chi connectivity index (χ1) is 13.9. The standard InChI is InChI=1S/C20H22N2O6S/c1-26-15-6-4-14(5-7-15)22-12-13-11-20(13,29(22,24)25)19(23)21-17-9-8-16(27-2)10-18(17)28-3/h4-10,13H,11-12H2,1-3H3,(H,21,23)/t13-,20+/m0/s1. The van der Waals surface area contributed by atoms with Crippen LogP contribution in [0.5, 0.6) is 17.2 Å². The zero-order valence-electron chi connectivity index (χ0n) is 16.3. The summed E-state index contributed by atoms with van der Waals surface area (Å²) in [7, 11) is 0.682. The molecule has 4 rings (SSSR count). The number of nitrogens with one attached hydrogen (secondary N) is 1. The lowest BCUT2D eigenvalue weighted by atomic mass is 10.2. The van der Waals surface area contributed by atoms with Gasteiger partial charge in [0.15, 0.2) is 4.75 Å². The first kappa shape index (κ1) is 19.4. The van der Waals surface area contributed by atoms with Crippen molar-refractivity contribution in [2.24, 2.45) is 5.92 Å². The van der Waals surface area contributed by atoms with Crippen molar-refractivity contribution in [3.8, 4) is 17.2 Å². The maximum atomic E-state index is 13.3. The lowest BCUT2D eigenvalue weighted by Crippen LogP contribution is -2.42. The molecule has 2 aliphatic rings. The molecular weight excluding hydrogens is 396 g/mol. The molecule has 0 aromatic heterocycles. The quantitative estimate of drug-likeness (QED) is 0.773. The molecular formula is C20H22N2O6S. The number of amides is 1. The van der Waals surface area contributed by atoms with Crippen LogP contribution in [0.2, 0.25) is 0 Å². The fourth-order valence-corrected chi connectivity index (χ4v) is 6.21. The first-order valence-corrected chi connectivity index (χ1v) is 10.5. The van der Waals surface area contributed by atoms with Crippen molar-refractivity contribution in [1.82, 2.24) is 0 Å². The predicted molar refractivity (Wildman–Crippen MR) is 108 cm³/mol. The highest BCUT2D eigenvalue weighted by Crippen LogP contribution is 2.58. The highest BCUT2D eigenvalue weighted by atomic mass is 32.2. The summed E-state index contributed by atoms with van der Waals surface area (Å²) < 4.78 is 42.0. The summed E-state index contributed by atoms with van der Waals surface area (Å²) in [5.74, 6) is 0.811. The van der Waals surface area contributed by atoms with Crippen molar-refractivity contribution in [2.45, 2.75) is 11.2 Å². The third kappa shape index (κ3) is 2.88. The Kier molecular flexibility index (Phi) is 4.57. The van der Waals surface area contributed by atoms with Gasteiger partial charge < -0.3 is 19.5 Å². The molecule has 1 saturated heterocycles. The van der Waals surface area contributed by atoms with Crippen molar-refractivity contribution in [3.05, 3.63) is 42.5 Å². The Morgan fingerprint density at radius 2 is 1.69 bits per heavy atom. The molecule has 9 heteroatoms. The molecule has 1 amide bonds. The van der Waals surface area contributed by atoms with Crippen molar-refractivity contribution >= 4 is 27.3 Å². The van der Waals surface area contributed by atoms with Crippen LogP contribution in [-0.2, 0) is 14.8 Å². The molecule has 1 heterocycles. The number of carbonyl (C=O) groups excluding carboxylic acids is 1. The van der Waals surface area contributed by atoms with Gasteiger partial charge in [0.1, 0.15) is 17.2 Å². The van der Waals surface area contributed by atoms with Gasteiger partial charge >= 0.3 is 0 Å². The average molecular weight is 418 g/mol. The fourth-order valence-electron chi connectivity index (χ4n) is 3.85. The van der Waals surface area contributed by atoms with Crippen LogP contribution in [0.3, 0.4) is 0 Å². The van der Waals surface area contributed by atoms with Crippen LogP contribution in [0.15, 0.2) is 42.5 Å². The van der Waals surface area contributed by atoms with E-state index in [1.54, 1.807) is 49.6 Å². The van der Waals surface area contributed by atoms with Crippen molar-refractivity contribution in [1.29, 1.82) is 0 Å². The Hall–Kier alpha value is -2.94. The van der Waals surface area contributed by atoms with Crippen LogP contribution in [0, 0.1) is 5.92 Å². The molecule has 154 valence electrons. The summed E-state index contributed by atoms with van der Waals surface area (Å²) in [5.41, 5.74) is 0.920. The van der Waals surface area contributed by atoms with E-state index in [2.05, 4.69) is 5.32 Å². The molecule has 0 spiro atoms. The lowest BCUT2D eigenvalue weighted by Gasteiger charge is -2.23. The Bertz CT molecular complexity index is 1050. The molecule has 0 bridgehead atoms. The van der Waals surface area contributed by atoms with Crippen molar-refractivity contribution < 1.29 is 27.4 Å². The summed E-state index contributed by atoms with van der Waals surface area (Å²) in [5, 5.41) is 2.74.